The van der Waals surface area contributed by atoms with Gasteiger partial charge in [0, 0.05) is 68.9 Å². The zero-order valence-corrected chi connectivity index (χ0v) is 11.7. The summed E-state index contributed by atoms with van der Waals surface area (Å²) < 4.78 is 0. The van der Waals surface area contributed by atoms with Crippen LogP contribution in [-0.4, -0.2) is 68.9 Å². The Labute approximate surface area is 109 Å². The van der Waals surface area contributed by atoms with Gasteiger partial charge in [0.05, 0.1) is 0 Å². The van der Waals surface area contributed by atoms with Crippen molar-refractivity contribution in [2.75, 3.05) is 0 Å². The second kappa shape index (κ2) is 5.09. The second-order valence-electron chi connectivity index (χ2n) is 1.65. The van der Waals surface area contributed by atoms with E-state index < -0.39 is 0 Å². The molecule has 1 heteroatoms. The molecule has 0 atom stereocenters. The van der Waals surface area contributed by atoms with E-state index in [0.717, 1.165) is 0 Å². The first-order valence-corrected chi connectivity index (χ1v) is 2.41. The van der Waals surface area contributed by atoms with E-state index in [1.807, 2.05) is 18.2 Å². The molecule has 1 radical (unpaired) electrons. The molecule has 1 aromatic rings. The summed E-state index contributed by atoms with van der Waals surface area (Å²) in [6.07, 6.45) is 0. The zero-order valence-electron chi connectivity index (χ0n) is 5.39. The number of hydrogen-bond donors (Lipinski definition) is 0. The minimum absolute atomic E-state index is 0. The maximum atomic E-state index is 2.08. The topological polar surface area (TPSA) is 0 Å². The van der Waals surface area contributed by atoms with E-state index in [1.165, 1.54) is 5.56 Å². The van der Waals surface area contributed by atoms with E-state index >= 15 is 0 Å². The van der Waals surface area contributed by atoms with Crippen LogP contribution in [0.3, 0.4) is 0 Å². The summed E-state index contributed by atoms with van der Waals surface area (Å²) in [5, 5.41) is 0. The number of rotatable bonds is 0. The molecule has 0 unspecified atom stereocenters. The van der Waals surface area contributed by atoms with E-state index in [2.05, 4.69) is 19.1 Å². The molecule has 0 aliphatic carbocycles. The number of hydrogen-bond acceptors (Lipinski definition) is 0. The van der Waals surface area contributed by atoms with E-state index in [0.29, 0.717) is 0 Å². The van der Waals surface area contributed by atoms with Gasteiger partial charge < -0.3 is 0 Å². The molecule has 0 aliphatic rings. The molecule has 1 aromatic carbocycles. The predicted octanol–water partition coefficient (Wildman–Crippen LogP) is 1.61. The molecule has 1 rings (SSSR count). The standard InChI is InChI=1S/C7H8.Cs/c1-7-5-3-2-4-6-7;/h2-6H,1H3;. The summed E-state index contributed by atoms with van der Waals surface area (Å²) in [4.78, 5) is 0. The molecule has 0 amide bonds. The van der Waals surface area contributed by atoms with Crippen molar-refractivity contribution in [1.82, 2.24) is 0 Å². The van der Waals surface area contributed by atoms with Crippen molar-refractivity contribution in [1.29, 1.82) is 0 Å². The molecule has 0 nitrogen and oxygen atoms in total. The van der Waals surface area contributed by atoms with Crippen LogP contribution < -0.4 is 0 Å². The van der Waals surface area contributed by atoms with Crippen LogP contribution in [0.4, 0.5) is 0 Å². The molecule has 0 aliphatic heterocycles. The third-order valence-electron chi connectivity index (χ3n) is 0.940. The Morgan fingerprint density at radius 1 is 1.00 bits per heavy atom. The van der Waals surface area contributed by atoms with Crippen LogP contribution in [-0.2, 0) is 0 Å². The van der Waals surface area contributed by atoms with Crippen molar-refractivity contribution in [3.63, 3.8) is 0 Å². The molecule has 37 valence electrons. The SMILES string of the molecule is Cc1ccccc1.[Cs]. The van der Waals surface area contributed by atoms with E-state index in [4.69, 9.17) is 0 Å². The molecule has 0 aromatic heterocycles. The van der Waals surface area contributed by atoms with Crippen LogP contribution >= 0.6 is 0 Å². The van der Waals surface area contributed by atoms with Crippen molar-refractivity contribution in [2.45, 2.75) is 6.92 Å². The maximum Gasteiger partial charge on any atom is 0 e. The van der Waals surface area contributed by atoms with Crippen molar-refractivity contribution in [2.24, 2.45) is 0 Å². The van der Waals surface area contributed by atoms with Crippen LogP contribution in [0.15, 0.2) is 30.3 Å². The first kappa shape index (κ1) is 9.27. The monoisotopic (exact) mass is 225 g/mol. The molecule has 0 bridgehead atoms. The minimum atomic E-state index is 0. The smallest absolute Gasteiger partial charge is 0 e. The van der Waals surface area contributed by atoms with Gasteiger partial charge in [0.15, 0.2) is 0 Å². The fourth-order valence-electron chi connectivity index (χ4n) is 0.534. The molecule has 0 spiro atoms. The van der Waals surface area contributed by atoms with Crippen molar-refractivity contribution in [3.8, 4) is 0 Å². The average Bonchev–Trinajstić information content (AvgIpc) is 1.69. The Bertz CT molecular complexity index is 134. The Kier molecular flexibility index (Phi) is 5.90. The van der Waals surface area contributed by atoms with Gasteiger partial charge >= 0.3 is 0 Å². The Morgan fingerprint density at radius 3 is 1.75 bits per heavy atom. The van der Waals surface area contributed by atoms with Gasteiger partial charge in [-0.1, -0.05) is 35.9 Å². The van der Waals surface area contributed by atoms with Gasteiger partial charge in [0.25, 0.3) is 0 Å². The average molecular weight is 225 g/mol. The van der Waals surface area contributed by atoms with Gasteiger partial charge in [0.1, 0.15) is 0 Å². The summed E-state index contributed by atoms with van der Waals surface area (Å²) in [7, 11) is 0. The molecule has 0 saturated carbocycles. The van der Waals surface area contributed by atoms with Gasteiger partial charge in [-0.3, -0.25) is 0 Å². The summed E-state index contributed by atoms with van der Waals surface area (Å²) in [5.74, 6) is 0. The Hall–Kier alpha value is 1.27. The van der Waals surface area contributed by atoms with Crippen LogP contribution in [0.2, 0.25) is 0 Å². The third kappa shape index (κ3) is 3.33. The van der Waals surface area contributed by atoms with Gasteiger partial charge in [-0.25, -0.2) is 0 Å². The zero-order chi connectivity index (χ0) is 5.11. The first-order valence-electron chi connectivity index (χ1n) is 2.41. The van der Waals surface area contributed by atoms with Crippen molar-refractivity contribution >= 4 is 68.9 Å². The van der Waals surface area contributed by atoms with Gasteiger partial charge in [-0.05, 0) is 6.92 Å². The van der Waals surface area contributed by atoms with Gasteiger partial charge in [-0.15, -0.1) is 0 Å². The second-order valence-corrected chi connectivity index (χ2v) is 1.65. The molecule has 0 saturated heterocycles. The minimum Gasteiger partial charge on any atom is -0.0622 e. The van der Waals surface area contributed by atoms with Crippen molar-refractivity contribution < 1.29 is 0 Å². The molecule has 0 N–H and O–H groups in total. The quantitative estimate of drug-likeness (QED) is 0.629. The van der Waals surface area contributed by atoms with Gasteiger partial charge in [0.2, 0.25) is 0 Å². The summed E-state index contributed by atoms with van der Waals surface area (Å²) in [6.45, 7) is 2.08. The molecule has 0 heterocycles. The third-order valence-corrected chi connectivity index (χ3v) is 0.940. The van der Waals surface area contributed by atoms with Crippen molar-refractivity contribution in [3.05, 3.63) is 35.9 Å². The fourth-order valence-corrected chi connectivity index (χ4v) is 0.534. The van der Waals surface area contributed by atoms with Crippen LogP contribution in [0.5, 0.6) is 0 Å². The van der Waals surface area contributed by atoms with Gasteiger partial charge in [-0.2, -0.15) is 0 Å². The fraction of sp³-hybridized carbons (Fsp3) is 0.143. The van der Waals surface area contributed by atoms with E-state index in [9.17, 15) is 0 Å². The summed E-state index contributed by atoms with van der Waals surface area (Å²) in [6, 6.07) is 10.3. The molecule has 8 heavy (non-hydrogen) atoms. The molecular formula is C7H8Cs. The Morgan fingerprint density at radius 2 is 1.50 bits per heavy atom. The van der Waals surface area contributed by atoms with Crippen LogP contribution in [0, 0.1) is 6.92 Å². The normalized spacial score (nSPS) is 7.62. The van der Waals surface area contributed by atoms with Crippen LogP contribution in [0.25, 0.3) is 0 Å². The molecular weight excluding hydrogens is 217 g/mol. The number of aryl methyl sites for hydroxylation is 1. The number of benzene rings is 1. The Balaban J connectivity index is 0.000000490. The van der Waals surface area contributed by atoms with E-state index in [-0.39, 0.29) is 68.9 Å². The first-order chi connectivity index (χ1) is 3.39. The predicted molar refractivity (Wildman–Crippen MR) is 36.9 cm³/mol. The molecule has 0 fully saturated rings. The maximum absolute atomic E-state index is 2.08. The summed E-state index contributed by atoms with van der Waals surface area (Å²) >= 11 is 0. The largest absolute Gasteiger partial charge is 0.0622 e. The van der Waals surface area contributed by atoms with Crippen LogP contribution in [0.1, 0.15) is 5.56 Å². The summed E-state index contributed by atoms with van der Waals surface area (Å²) in [5.41, 5.74) is 1.32. The van der Waals surface area contributed by atoms with E-state index in [1.54, 1.807) is 0 Å².